The number of nitrogens with zero attached hydrogens (tertiary/aromatic N) is 1. The van der Waals surface area contributed by atoms with Gasteiger partial charge in [-0.25, -0.2) is 9.18 Å². The van der Waals surface area contributed by atoms with Crippen LogP contribution >= 0.6 is 0 Å². The van der Waals surface area contributed by atoms with E-state index < -0.39 is 0 Å². The molecule has 0 fully saturated rings. The van der Waals surface area contributed by atoms with Gasteiger partial charge in [-0.1, -0.05) is 42.5 Å². The van der Waals surface area contributed by atoms with Crippen LogP contribution < -0.4 is 0 Å². The molecule has 0 spiro atoms. The molecule has 1 heterocycles. The standard InChI is InChI=1S/C22H22FNO2/c1-4-26-22(25)21-20(17-8-6-5-7-9-17)19(14-24(21)15(2)3)16-10-12-18(23)13-11-16/h5-15H,4H2,1-3H3. The van der Waals surface area contributed by atoms with Crippen molar-refractivity contribution in [3.8, 4) is 22.3 Å². The van der Waals surface area contributed by atoms with Crippen LogP contribution in [0.15, 0.2) is 60.8 Å². The van der Waals surface area contributed by atoms with Gasteiger partial charge in [0.15, 0.2) is 0 Å². The van der Waals surface area contributed by atoms with Crippen molar-refractivity contribution in [3.05, 3.63) is 72.3 Å². The van der Waals surface area contributed by atoms with Gasteiger partial charge in [0.1, 0.15) is 11.5 Å². The first-order valence-electron chi connectivity index (χ1n) is 8.76. The van der Waals surface area contributed by atoms with Crippen LogP contribution in [0, 0.1) is 5.82 Å². The Kier molecular flexibility index (Phi) is 5.21. The number of benzene rings is 2. The van der Waals surface area contributed by atoms with E-state index in [1.54, 1.807) is 19.1 Å². The first-order valence-corrected chi connectivity index (χ1v) is 8.76. The summed E-state index contributed by atoms with van der Waals surface area (Å²) in [5.41, 5.74) is 3.99. The summed E-state index contributed by atoms with van der Waals surface area (Å²) >= 11 is 0. The number of rotatable bonds is 5. The molecule has 0 saturated heterocycles. The number of carbonyl (C=O) groups is 1. The molecule has 0 bridgehead atoms. The SMILES string of the molecule is CCOC(=O)c1c(-c2ccccc2)c(-c2ccc(F)cc2)cn1C(C)C. The molecule has 3 nitrogen and oxygen atoms in total. The quantitative estimate of drug-likeness (QED) is 0.551. The third-order valence-electron chi connectivity index (χ3n) is 4.28. The van der Waals surface area contributed by atoms with E-state index in [0.717, 1.165) is 22.3 Å². The molecular formula is C22H22FNO2. The van der Waals surface area contributed by atoms with Gasteiger partial charge in [0.25, 0.3) is 0 Å². The second kappa shape index (κ2) is 7.56. The van der Waals surface area contributed by atoms with Crippen LogP contribution in [0.3, 0.4) is 0 Å². The normalized spacial score (nSPS) is 11.0. The van der Waals surface area contributed by atoms with Crippen LogP contribution in [0.2, 0.25) is 0 Å². The first-order chi connectivity index (χ1) is 12.5. The molecule has 3 rings (SSSR count). The number of aromatic nitrogens is 1. The van der Waals surface area contributed by atoms with E-state index in [4.69, 9.17) is 4.74 Å². The van der Waals surface area contributed by atoms with Crippen molar-refractivity contribution in [2.75, 3.05) is 6.61 Å². The zero-order valence-electron chi connectivity index (χ0n) is 15.2. The van der Waals surface area contributed by atoms with Gasteiger partial charge in [-0.15, -0.1) is 0 Å². The second-order valence-electron chi connectivity index (χ2n) is 6.36. The molecule has 0 radical (unpaired) electrons. The maximum Gasteiger partial charge on any atom is 0.355 e. The molecule has 2 aromatic carbocycles. The van der Waals surface area contributed by atoms with Gasteiger partial charge >= 0.3 is 5.97 Å². The lowest BCUT2D eigenvalue weighted by Crippen LogP contribution is -2.14. The van der Waals surface area contributed by atoms with Crippen molar-refractivity contribution in [1.29, 1.82) is 0 Å². The zero-order chi connectivity index (χ0) is 18.7. The van der Waals surface area contributed by atoms with Crippen LogP contribution in [-0.2, 0) is 4.74 Å². The van der Waals surface area contributed by atoms with E-state index in [2.05, 4.69) is 0 Å². The summed E-state index contributed by atoms with van der Waals surface area (Å²) in [5, 5.41) is 0. The Bertz CT molecular complexity index is 896. The molecule has 0 saturated carbocycles. The van der Waals surface area contributed by atoms with E-state index in [9.17, 15) is 9.18 Å². The third kappa shape index (κ3) is 3.40. The minimum absolute atomic E-state index is 0.0751. The average molecular weight is 351 g/mol. The Balaban J connectivity index is 2.31. The molecule has 0 aliphatic carbocycles. The van der Waals surface area contributed by atoms with Crippen LogP contribution in [-0.4, -0.2) is 17.1 Å². The van der Waals surface area contributed by atoms with Crippen LogP contribution in [0.4, 0.5) is 4.39 Å². The van der Waals surface area contributed by atoms with Crippen molar-refractivity contribution in [2.45, 2.75) is 26.8 Å². The Morgan fingerprint density at radius 1 is 1.04 bits per heavy atom. The molecule has 0 atom stereocenters. The van der Waals surface area contributed by atoms with Gasteiger partial charge in [0.2, 0.25) is 0 Å². The monoisotopic (exact) mass is 351 g/mol. The molecule has 3 aromatic rings. The number of hydrogen-bond acceptors (Lipinski definition) is 2. The van der Waals surface area contributed by atoms with Gasteiger partial charge in [-0.2, -0.15) is 0 Å². The van der Waals surface area contributed by atoms with Gasteiger partial charge < -0.3 is 9.30 Å². The fourth-order valence-corrected chi connectivity index (χ4v) is 3.08. The van der Waals surface area contributed by atoms with Crippen LogP contribution in [0.25, 0.3) is 22.3 Å². The topological polar surface area (TPSA) is 31.2 Å². The van der Waals surface area contributed by atoms with E-state index in [-0.39, 0.29) is 17.8 Å². The fraction of sp³-hybridized carbons (Fsp3) is 0.227. The van der Waals surface area contributed by atoms with Crippen LogP contribution in [0.5, 0.6) is 0 Å². The highest BCUT2D eigenvalue weighted by Gasteiger charge is 2.25. The molecule has 1 aromatic heterocycles. The maximum atomic E-state index is 13.4. The van der Waals surface area contributed by atoms with Crippen molar-refractivity contribution < 1.29 is 13.9 Å². The number of carbonyl (C=O) groups excluding carboxylic acids is 1. The highest BCUT2D eigenvalue weighted by atomic mass is 19.1. The second-order valence-corrected chi connectivity index (χ2v) is 6.36. The summed E-state index contributed by atoms with van der Waals surface area (Å²) in [4.78, 5) is 12.8. The van der Waals surface area contributed by atoms with Crippen molar-refractivity contribution >= 4 is 5.97 Å². The van der Waals surface area contributed by atoms with E-state index in [0.29, 0.717) is 12.3 Å². The molecule has 0 N–H and O–H groups in total. The van der Waals surface area contributed by atoms with E-state index in [1.807, 2.05) is 54.9 Å². The van der Waals surface area contributed by atoms with Crippen molar-refractivity contribution in [1.82, 2.24) is 4.57 Å². The van der Waals surface area contributed by atoms with Gasteiger partial charge in [-0.3, -0.25) is 0 Å². The highest BCUT2D eigenvalue weighted by molar-refractivity contribution is 6.01. The molecular weight excluding hydrogens is 329 g/mol. The number of halogens is 1. The summed E-state index contributed by atoms with van der Waals surface area (Å²) in [6, 6.07) is 16.1. The minimum atomic E-state index is -0.353. The van der Waals surface area contributed by atoms with Crippen molar-refractivity contribution in [3.63, 3.8) is 0 Å². The molecule has 26 heavy (non-hydrogen) atoms. The maximum absolute atomic E-state index is 13.4. The Labute approximate surface area is 153 Å². The Morgan fingerprint density at radius 2 is 1.69 bits per heavy atom. The first kappa shape index (κ1) is 17.9. The zero-order valence-corrected chi connectivity index (χ0v) is 15.2. The largest absolute Gasteiger partial charge is 0.461 e. The highest BCUT2D eigenvalue weighted by Crippen LogP contribution is 2.38. The lowest BCUT2D eigenvalue weighted by molar-refractivity contribution is 0.0513. The molecule has 0 aliphatic heterocycles. The predicted molar refractivity (Wildman–Crippen MR) is 102 cm³/mol. The summed E-state index contributed by atoms with van der Waals surface area (Å²) < 4.78 is 20.6. The van der Waals surface area contributed by atoms with Crippen molar-refractivity contribution in [2.24, 2.45) is 0 Å². The molecule has 0 aliphatic rings. The minimum Gasteiger partial charge on any atom is -0.461 e. The van der Waals surface area contributed by atoms with Crippen LogP contribution in [0.1, 0.15) is 37.3 Å². The summed E-state index contributed by atoms with van der Waals surface area (Å²) in [5.74, 6) is -0.641. The Hall–Kier alpha value is -2.88. The molecule has 0 amide bonds. The van der Waals surface area contributed by atoms with Gasteiger partial charge in [0.05, 0.1) is 6.61 Å². The van der Waals surface area contributed by atoms with E-state index >= 15 is 0 Å². The molecule has 134 valence electrons. The predicted octanol–water partition coefficient (Wildman–Crippen LogP) is 5.72. The van der Waals surface area contributed by atoms with Gasteiger partial charge in [-0.05, 0) is 44.0 Å². The number of ether oxygens (including phenoxy) is 1. The Morgan fingerprint density at radius 3 is 2.27 bits per heavy atom. The summed E-state index contributed by atoms with van der Waals surface area (Å²) in [6.45, 7) is 6.14. The van der Waals surface area contributed by atoms with E-state index in [1.165, 1.54) is 12.1 Å². The number of hydrogen-bond donors (Lipinski definition) is 0. The van der Waals surface area contributed by atoms with Gasteiger partial charge in [0, 0.05) is 23.4 Å². The summed E-state index contributed by atoms with van der Waals surface area (Å²) in [6.07, 6.45) is 1.95. The third-order valence-corrected chi connectivity index (χ3v) is 4.28. The number of esters is 1. The molecule has 4 heteroatoms. The lowest BCUT2D eigenvalue weighted by Gasteiger charge is -2.13. The average Bonchev–Trinajstić information content (AvgIpc) is 3.04. The molecule has 0 unspecified atom stereocenters. The summed E-state index contributed by atoms with van der Waals surface area (Å²) in [7, 11) is 0. The fourth-order valence-electron chi connectivity index (χ4n) is 3.08. The lowest BCUT2D eigenvalue weighted by atomic mass is 9.96. The smallest absolute Gasteiger partial charge is 0.355 e.